The summed E-state index contributed by atoms with van der Waals surface area (Å²) in [5.41, 5.74) is 4.53. The van der Waals surface area contributed by atoms with Gasteiger partial charge in [-0.05, 0) is 53.1 Å². The molecule has 6 nitrogen and oxygen atoms in total. The van der Waals surface area contributed by atoms with Gasteiger partial charge < -0.3 is 0 Å². The van der Waals surface area contributed by atoms with Gasteiger partial charge in [0.05, 0.1) is 23.8 Å². The molecule has 144 valence electrons. The monoisotopic (exact) mass is 389 g/mol. The summed E-state index contributed by atoms with van der Waals surface area (Å²) in [6, 6.07) is 18.3. The molecule has 0 saturated carbocycles. The first-order valence-electron chi connectivity index (χ1n) is 8.83. The topological polar surface area (TPSA) is 84.2 Å². The summed E-state index contributed by atoms with van der Waals surface area (Å²) in [6.07, 6.45) is 1.46. The highest BCUT2D eigenvalue weighted by atomic mass is 19.1. The van der Waals surface area contributed by atoms with Crippen molar-refractivity contribution in [1.29, 1.82) is 0 Å². The van der Waals surface area contributed by atoms with Crippen LogP contribution in [0.4, 0.5) is 4.39 Å². The van der Waals surface area contributed by atoms with E-state index in [0.29, 0.717) is 5.52 Å². The average molecular weight is 389 g/mol. The molecule has 4 aromatic rings. The van der Waals surface area contributed by atoms with Crippen molar-refractivity contribution in [2.24, 2.45) is 0 Å². The zero-order valence-electron chi connectivity index (χ0n) is 15.2. The molecule has 1 amide bonds. The lowest BCUT2D eigenvalue weighted by Crippen LogP contribution is -2.23. The third-order valence-corrected chi connectivity index (χ3v) is 4.65. The lowest BCUT2D eigenvalue weighted by atomic mass is 10.0. The van der Waals surface area contributed by atoms with Crippen molar-refractivity contribution in [1.82, 2.24) is 15.0 Å². The van der Waals surface area contributed by atoms with Gasteiger partial charge in [0.1, 0.15) is 5.82 Å². The number of carbonyl (C=O) groups is 1. The van der Waals surface area contributed by atoms with Crippen LogP contribution in [-0.4, -0.2) is 20.7 Å². The van der Waals surface area contributed by atoms with Crippen LogP contribution in [0.3, 0.4) is 0 Å². The molecular formula is C22H16FN3O3. The second kappa shape index (κ2) is 7.65. The van der Waals surface area contributed by atoms with Crippen LogP contribution in [0, 0.1) is 5.82 Å². The SMILES string of the molecule is O=C(NO)c1ccc2ncn(Cc3cccc(-c4ccc(F)cc4)c3)c(=O)c2c1. The van der Waals surface area contributed by atoms with Crippen LogP contribution in [0.2, 0.25) is 0 Å². The molecule has 0 unspecified atom stereocenters. The average Bonchev–Trinajstić information content (AvgIpc) is 2.76. The molecule has 0 atom stereocenters. The minimum absolute atomic E-state index is 0.162. The van der Waals surface area contributed by atoms with Gasteiger partial charge in [-0.2, -0.15) is 0 Å². The second-order valence-electron chi connectivity index (χ2n) is 6.56. The van der Waals surface area contributed by atoms with Gasteiger partial charge in [-0.25, -0.2) is 14.9 Å². The predicted molar refractivity (Wildman–Crippen MR) is 106 cm³/mol. The fraction of sp³-hybridized carbons (Fsp3) is 0.0455. The molecule has 0 aliphatic carbocycles. The smallest absolute Gasteiger partial charge is 0.274 e. The number of nitrogens with zero attached hydrogens (tertiary/aromatic N) is 2. The van der Waals surface area contributed by atoms with Crippen LogP contribution >= 0.6 is 0 Å². The Morgan fingerprint density at radius 2 is 1.83 bits per heavy atom. The van der Waals surface area contributed by atoms with Crippen molar-refractivity contribution in [3.63, 3.8) is 0 Å². The maximum absolute atomic E-state index is 13.2. The third kappa shape index (κ3) is 3.76. The standard InChI is InChI=1S/C22H16FN3O3/c23-18-7-4-15(5-8-18)16-3-1-2-14(10-16)12-26-13-24-20-9-6-17(21(27)25-29)11-19(20)22(26)28/h1-11,13,29H,12H2,(H,25,27). The molecular weight excluding hydrogens is 373 g/mol. The molecule has 0 bridgehead atoms. The molecule has 1 heterocycles. The Balaban J connectivity index is 1.70. The molecule has 29 heavy (non-hydrogen) atoms. The van der Waals surface area contributed by atoms with Crippen molar-refractivity contribution >= 4 is 16.8 Å². The van der Waals surface area contributed by atoms with E-state index in [-0.39, 0.29) is 28.9 Å². The summed E-state index contributed by atoms with van der Waals surface area (Å²) in [5, 5.41) is 9.08. The highest BCUT2D eigenvalue weighted by Crippen LogP contribution is 2.21. The first kappa shape index (κ1) is 18.5. The maximum atomic E-state index is 13.2. The molecule has 0 fully saturated rings. The Hall–Kier alpha value is -3.84. The number of hydrogen-bond acceptors (Lipinski definition) is 4. The van der Waals surface area contributed by atoms with Crippen molar-refractivity contribution in [2.45, 2.75) is 6.54 Å². The van der Waals surface area contributed by atoms with E-state index >= 15 is 0 Å². The Bertz CT molecular complexity index is 1270. The van der Waals surface area contributed by atoms with E-state index in [0.717, 1.165) is 16.7 Å². The van der Waals surface area contributed by atoms with Crippen molar-refractivity contribution in [3.8, 4) is 11.1 Å². The molecule has 0 saturated heterocycles. The fourth-order valence-corrected chi connectivity index (χ4v) is 3.17. The number of fused-ring (bicyclic) bond motifs is 1. The van der Waals surface area contributed by atoms with E-state index in [1.165, 1.54) is 35.2 Å². The zero-order valence-corrected chi connectivity index (χ0v) is 15.2. The van der Waals surface area contributed by atoms with E-state index in [9.17, 15) is 14.0 Å². The first-order chi connectivity index (χ1) is 14.0. The predicted octanol–water partition coefficient (Wildman–Crippen LogP) is 3.37. The molecule has 4 rings (SSSR count). The number of hydrogen-bond donors (Lipinski definition) is 2. The molecule has 0 aliphatic heterocycles. The number of nitrogens with one attached hydrogen (secondary N) is 1. The van der Waals surface area contributed by atoms with E-state index in [1.807, 2.05) is 24.3 Å². The number of carbonyl (C=O) groups excluding carboxylic acids is 1. The Kier molecular flexibility index (Phi) is 4.88. The number of amides is 1. The van der Waals surface area contributed by atoms with Crippen molar-refractivity contribution in [3.05, 3.63) is 100 Å². The number of hydroxylamine groups is 1. The summed E-state index contributed by atoms with van der Waals surface area (Å²) >= 11 is 0. The van der Waals surface area contributed by atoms with Crippen molar-refractivity contribution in [2.75, 3.05) is 0 Å². The van der Waals surface area contributed by atoms with Crippen LogP contribution in [0.15, 0.2) is 77.9 Å². The lowest BCUT2D eigenvalue weighted by Gasteiger charge is -2.09. The summed E-state index contributed by atoms with van der Waals surface area (Å²) in [5.74, 6) is -0.998. The number of halogens is 1. The van der Waals surface area contributed by atoms with Gasteiger partial charge in [0.15, 0.2) is 0 Å². The molecule has 0 spiro atoms. The van der Waals surface area contributed by atoms with Gasteiger partial charge in [-0.15, -0.1) is 0 Å². The maximum Gasteiger partial charge on any atom is 0.274 e. The van der Waals surface area contributed by atoms with Gasteiger partial charge in [-0.1, -0.05) is 30.3 Å². The fourth-order valence-electron chi connectivity index (χ4n) is 3.17. The summed E-state index contributed by atoms with van der Waals surface area (Å²) in [6.45, 7) is 0.285. The minimum atomic E-state index is -0.700. The van der Waals surface area contributed by atoms with Gasteiger partial charge in [0.2, 0.25) is 0 Å². The molecule has 3 aromatic carbocycles. The van der Waals surface area contributed by atoms with Crippen LogP contribution in [0.1, 0.15) is 15.9 Å². The van der Waals surface area contributed by atoms with Crippen LogP contribution in [0.5, 0.6) is 0 Å². The second-order valence-corrected chi connectivity index (χ2v) is 6.56. The highest BCUT2D eigenvalue weighted by Gasteiger charge is 2.10. The van der Waals surface area contributed by atoms with E-state index in [4.69, 9.17) is 5.21 Å². The Morgan fingerprint density at radius 3 is 2.59 bits per heavy atom. The van der Waals surface area contributed by atoms with E-state index < -0.39 is 5.91 Å². The number of benzene rings is 3. The molecule has 0 aliphatic rings. The molecule has 2 N–H and O–H groups in total. The van der Waals surface area contributed by atoms with Crippen LogP contribution in [0.25, 0.3) is 22.0 Å². The van der Waals surface area contributed by atoms with Gasteiger partial charge in [0.25, 0.3) is 11.5 Å². The van der Waals surface area contributed by atoms with Crippen LogP contribution in [-0.2, 0) is 6.54 Å². The van der Waals surface area contributed by atoms with E-state index in [2.05, 4.69) is 4.98 Å². The van der Waals surface area contributed by atoms with Gasteiger partial charge in [0, 0.05) is 5.56 Å². The third-order valence-electron chi connectivity index (χ3n) is 4.65. The normalized spacial score (nSPS) is 10.8. The minimum Gasteiger partial charge on any atom is -0.294 e. The lowest BCUT2D eigenvalue weighted by molar-refractivity contribution is 0.0706. The van der Waals surface area contributed by atoms with Gasteiger partial charge in [-0.3, -0.25) is 19.4 Å². The van der Waals surface area contributed by atoms with E-state index in [1.54, 1.807) is 23.7 Å². The summed E-state index contributed by atoms with van der Waals surface area (Å²) in [4.78, 5) is 28.8. The van der Waals surface area contributed by atoms with Crippen LogP contribution < -0.4 is 11.0 Å². The molecule has 7 heteroatoms. The highest BCUT2D eigenvalue weighted by molar-refractivity contribution is 5.97. The Morgan fingerprint density at radius 1 is 1.03 bits per heavy atom. The molecule has 1 aromatic heterocycles. The Labute approximate surface area is 164 Å². The van der Waals surface area contributed by atoms with Gasteiger partial charge >= 0.3 is 0 Å². The zero-order chi connectivity index (χ0) is 20.4. The largest absolute Gasteiger partial charge is 0.294 e. The quantitative estimate of drug-likeness (QED) is 0.414. The van der Waals surface area contributed by atoms with Crippen molar-refractivity contribution < 1.29 is 14.4 Å². The number of rotatable bonds is 4. The summed E-state index contributed by atoms with van der Waals surface area (Å²) < 4.78 is 14.6. The molecule has 0 radical (unpaired) electrons. The number of aromatic nitrogens is 2. The first-order valence-corrected chi connectivity index (χ1v) is 8.83. The summed E-state index contributed by atoms with van der Waals surface area (Å²) in [7, 11) is 0.